The Bertz CT molecular complexity index is 584. The first-order valence-electron chi connectivity index (χ1n) is 6.74. The summed E-state index contributed by atoms with van der Waals surface area (Å²) in [6.45, 7) is -0.0547. The van der Waals surface area contributed by atoms with Gasteiger partial charge in [-0.15, -0.1) is 11.8 Å². The van der Waals surface area contributed by atoms with Gasteiger partial charge in [-0.3, -0.25) is 10.1 Å². The van der Waals surface area contributed by atoms with E-state index in [4.69, 9.17) is 0 Å². The lowest BCUT2D eigenvalue weighted by molar-refractivity contribution is -0.477. The van der Waals surface area contributed by atoms with Crippen LogP contribution in [0, 0.1) is 10.1 Å². The molecule has 0 amide bonds. The van der Waals surface area contributed by atoms with Crippen LogP contribution in [0.4, 0.5) is 0 Å². The van der Waals surface area contributed by atoms with Crippen molar-refractivity contribution in [2.75, 3.05) is 6.54 Å². The fourth-order valence-corrected chi connectivity index (χ4v) is 2.89. The molecule has 2 rings (SSSR count). The van der Waals surface area contributed by atoms with Crippen LogP contribution in [0.3, 0.4) is 0 Å². The molecule has 2 aromatic carbocycles. The Morgan fingerprint density at radius 3 is 2.29 bits per heavy atom. The number of benzene rings is 2. The highest BCUT2D eigenvalue weighted by atomic mass is 32.2. The average molecular weight is 299 g/mol. The highest BCUT2D eigenvalue weighted by molar-refractivity contribution is 7.99. The first-order valence-corrected chi connectivity index (χ1v) is 7.79. The third-order valence-corrected chi connectivity index (χ3v) is 4.17. The molecule has 0 fully saturated rings. The van der Waals surface area contributed by atoms with Crippen molar-refractivity contribution in [1.29, 1.82) is 0 Å². The SMILES string of the molecule is O=[N+]([O-])C[C@H](/C=C/c1ccccc1)SCc1ccccc1. The molecule has 0 spiro atoms. The minimum absolute atomic E-state index is 0.0547. The van der Waals surface area contributed by atoms with E-state index in [0.29, 0.717) is 0 Å². The molecule has 0 bridgehead atoms. The lowest BCUT2D eigenvalue weighted by Gasteiger charge is -2.08. The van der Waals surface area contributed by atoms with Crippen molar-refractivity contribution >= 4 is 17.8 Å². The Morgan fingerprint density at radius 1 is 1.05 bits per heavy atom. The van der Waals surface area contributed by atoms with Crippen LogP contribution >= 0.6 is 11.8 Å². The largest absolute Gasteiger partial charge is 0.264 e. The molecule has 0 aliphatic carbocycles. The Morgan fingerprint density at radius 2 is 1.67 bits per heavy atom. The van der Waals surface area contributed by atoms with E-state index in [1.54, 1.807) is 11.8 Å². The van der Waals surface area contributed by atoms with E-state index in [-0.39, 0.29) is 16.7 Å². The third kappa shape index (κ3) is 5.83. The van der Waals surface area contributed by atoms with Gasteiger partial charge in [-0.1, -0.05) is 72.8 Å². The molecule has 3 nitrogen and oxygen atoms in total. The maximum Gasteiger partial charge on any atom is 0.219 e. The minimum Gasteiger partial charge on any atom is -0.264 e. The Balaban J connectivity index is 1.97. The summed E-state index contributed by atoms with van der Waals surface area (Å²) in [5.74, 6) is 0.776. The van der Waals surface area contributed by atoms with Gasteiger partial charge in [-0.2, -0.15) is 0 Å². The van der Waals surface area contributed by atoms with Gasteiger partial charge >= 0.3 is 0 Å². The standard InChI is InChI=1S/C17H17NO2S/c19-18(20)13-17(12-11-15-7-3-1-4-8-15)21-14-16-9-5-2-6-10-16/h1-12,17H,13-14H2/b12-11+/t17-/m0/s1. The summed E-state index contributed by atoms with van der Waals surface area (Å²) in [5.41, 5.74) is 2.25. The average Bonchev–Trinajstić information content (AvgIpc) is 2.51. The van der Waals surface area contributed by atoms with Crippen molar-refractivity contribution in [1.82, 2.24) is 0 Å². The van der Waals surface area contributed by atoms with E-state index in [2.05, 4.69) is 0 Å². The lowest BCUT2D eigenvalue weighted by Crippen LogP contribution is -2.14. The first kappa shape index (κ1) is 15.3. The van der Waals surface area contributed by atoms with Gasteiger partial charge in [0.25, 0.3) is 0 Å². The van der Waals surface area contributed by atoms with Crippen molar-refractivity contribution in [3.63, 3.8) is 0 Å². The highest BCUT2D eigenvalue weighted by Crippen LogP contribution is 2.20. The smallest absolute Gasteiger partial charge is 0.219 e. The fourth-order valence-electron chi connectivity index (χ4n) is 1.88. The van der Waals surface area contributed by atoms with Crippen molar-refractivity contribution in [2.45, 2.75) is 11.0 Å². The van der Waals surface area contributed by atoms with E-state index in [1.165, 1.54) is 5.56 Å². The second-order valence-corrected chi connectivity index (χ2v) is 5.85. The van der Waals surface area contributed by atoms with Crippen LogP contribution in [0.25, 0.3) is 6.08 Å². The van der Waals surface area contributed by atoms with Gasteiger partial charge in [0.2, 0.25) is 6.54 Å². The van der Waals surface area contributed by atoms with Crippen LogP contribution in [0.2, 0.25) is 0 Å². The van der Waals surface area contributed by atoms with E-state index >= 15 is 0 Å². The van der Waals surface area contributed by atoms with Gasteiger partial charge < -0.3 is 0 Å². The molecule has 0 N–H and O–H groups in total. The van der Waals surface area contributed by atoms with Crippen molar-refractivity contribution in [3.8, 4) is 0 Å². The molecule has 0 saturated carbocycles. The number of hydrogen-bond acceptors (Lipinski definition) is 3. The normalized spacial score (nSPS) is 12.4. The molecule has 2 aromatic rings. The number of rotatable bonds is 7. The molecule has 21 heavy (non-hydrogen) atoms. The summed E-state index contributed by atoms with van der Waals surface area (Å²) in [5, 5.41) is 10.7. The van der Waals surface area contributed by atoms with Crippen LogP contribution in [-0.2, 0) is 5.75 Å². The van der Waals surface area contributed by atoms with E-state index in [9.17, 15) is 10.1 Å². The Labute approximate surface area is 128 Å². The van der Waals surface area contributed by atoms with Gasteiger partial charge in [0.05, 0.1) is 5.25 Å². The lowest BCUT2D eigenvalue weighted by atomic mass is 10.2. The minimum atomic E-state index is -0.252. The molecule has 0 saturated heterocycles. The fraction of sp³-hybridized carbons (Fsp3) is 0.176. The van der Waals surface area contributed by atoms with Gasteiger partial charge in [-0.05, 0) is 11.1 Å². The molecule has 1 atom stereocenters. The molecule has 0 aliphatic rings. The molecule has 0 unspecified atom stereocenters. The van der Waals surface area contributed by atoms with Crippen LogP contribution < -0.4 is 0 Å². The van der Waals surface area contributed by atoms with Crippen LogP contribution in [0.1, 0.15) is 11.1 Å². The number of nitro groups is 1. The van der Waals surface area contributed by atoms with Crippen molar-refractivity contribution in [2.24, 2.45) is 0 Å². The Hall–Kier alpha value is -2.07. The maximum absolute atomic E-state index is 10.8. The van der Waals surface area contributed by atoms with Crippen molar-refractivity contribution in [3.05, 3.63) is 88.0 Å². The molecular formula is C17H17NO2S. The zero-order chi connectivity index (χ0) is 14.9. The summed E-state index contributed by atoms with van der Waals surface area (Å²) in [6.07, 6.45) is 3.87. The summed E-state index contributed by atoms with van der Waals surface area (Å²) in [4.78, 5) is 10.5. The molecule has 108 valence electrons. The van der Waals surface area contributed by atoms with Gasteiger partial charge in [0, 0.05) is 10.7 Å². The quantitative estimate of drug-likeness (QED) is 0.566. The second-order valence-electron chi connectivity index (χ2n) is 4.62. The molecule has 0 aromatic heterocycles. The summed E-state index contributed by atoms with van der Waals surface area (Å²) in [6, 6.07) is 19.9. The van der Waals surface area contributed by atoms with Crippen LogP contribution in [0.15, 0.2) is 66.7 Å². The highest BCUT2D eigenvalue weighted by Gasteiger charge is 2.12. The predicted octanol–water partition coefficient (Wildman–Crippen LogP) is 4.28. The summed E-state index contributed by atoms with van der Waals surface area (Å²) in [7, 11) is 0. The predicted molar refractivity (Wildman–Crippen MR) is 88.9 cm³/mol. The van der Waals surface area contributed by atoms with E-state index in [1.807, 2.05) is 72.8 Å². The number of thioether (sulfide) groups is 1. The monoisotopic (exact) mass is 299 g/mol. The van der Waals surface area contributed by atoms with Crippen molar-refractivity contribution < 1.29 is 4.92 Å². The molecule has 0 radical (unpaired) electrons. The number of hydrogen-bond donors (Lipinski definition) is 0. The topological polar surface area (TPSA) is 43.1 Å². The van der Waals surface area contributed by atoms with Crippen LogP contribution in [-0.4, -0.2) is 16.7 Å². The van der Waals surface area contributed by atoms with Gasteiger partial charge in [-0.25, -0.2) is 0 Å². The maximum atomic E-state index is 10.8. The second kappa shape index (κ2) is 8.27. The molecular weight excluding hydrogens is 282 g/mol. The number of nitrogens with zero attached hydrogens (tertiary/aromatic N) is 1. The van der Waals surface area contributed by atoms with E-state index < -0.39 is 0 Å². The van der Waals surface area contributed by atoms with Gasteiger partial charge in [0.1, 0.15) is 0 Å². The summed E-state index contributed by atoms with van der Waals surface area (Å²) < 4.78 is 0. The first-order chi connectivity index (χ1) is 10.2. The zero-order valence-electron chi connectivity index (χ0n) is 11.6. The zero-order valence-corrected chi connectivity index (χ0v) is 12.4. The van der Waals surface area contributed by atoms with Crippen LogP contribution in [0.5, 0.6) is 0 Å². The summed E-state index contributed by atoms with van der Waals surface area (Å²) >= 11 is 1.59. The van der Waals surface area contributed by atoms with E-state index in [0.717, 1.165) is 11.3 Å². The Kier molecular flexibility index (Phi) is 6.03. The molecule has 4 heteroatoms. The third-order valence-electron chi connectivity index (χ3n) is 2.94. The molecule has 0 aliphatic heterocycles. The molecule has 0 heterocycles. The van der Waals surface area contributed by atoms with Gasteiger partial charge in [0.15, 0.2) is 0 Å².